The SMILES string of the molecule is N=C(N)c1cnc(Oc2c(Cl)cccc2[N+](=O)[O-])cn1. The largest absolute Gasteiger partial charge is 0.429 e. The molecule has 3 N–H and O–H groups in total. The summed E-state index contributed by atoms with van der Waals surface area (Å²) in [4.78, 5) is 18.0. The Morgan fingerprint density at radius 3 is 2.70 bits per heavy atom. The first-order valence-corrected chi connectivity index (χ1v) is 5.64. The Morgan fingerprint density at radius 2 is 2.15 bits per heavy atom. The molecule has 0 aliphatic carbocycles. The molecule has 2 rings (SSSR count). The van der Waals surface area contributed by atoms with Gasteiger partial charge in [0.05, 0.1) is 22.3 Å². The molecule has 9 heteroatoms. The first-order valence-electron chi connectivity index (χ1n) is 5.26. The molecule has 0 saturated heterocycles. The third kappa shape index (κ3) is 2.81. The number of ether oxygens (including phenoxy) is 1. The number of nitro groups is 1. The van der Waals surface area contributed by atoms with E-state index in [2.05, 4.69) is 9.97 Å². The van der Waals surface area contributed by atoms with E-state index in [4.69, 9.17) is 27.5 Å². The van der Waals surface area contributed by atoms with E-state index in [9.17, 15) is 10.1 Å². The third-order valence-corrected chi connectivity index (χ3v) is 2.55. The van der Waals surface area contributed by atoms with Crippen molar-refractivity contribution < 1.29 is 9.66 Å². The molecule has 0 fully saturated rings. The van der Waals surface area contributed by atoms with Gasteiger partial charge in [-0.2, -0.15) is 0 Å². The van der Waals surface area contributed by atoms with Crippen molar-refractivity contribution >= 4 is 23.1 Å². The molecule has 0 aliphatic heterocycles. The van der Waals surface area contributed by atoms with Crippen molar-refractivity contribution in [2.24, 2.45) is 5.73 Å². The van der Waals surface area contributed by atoms with Crippen LogP contribution in [0, 0.1) is 15.5 Å². The van der Waals surface area contributed by atoms with Gasteiger partial charge in [0.25, 0.3) is 0 Å². The number of para-hydroxylation sites is 1. The molecule has 20 heavy (non-hydrogen) atoms. The second kappa shape index (κ2) is 5.49. The highest BCUT2D eigenvalue weighted by Gasteiger charge is 2.19. The van der Waals surface area contributed by atoms with Gasteiger partial charge in [-0.3, -0.25) is 15.5 Å². The Kier molecular flexibility index (Phi) is 3.76. The van der Waals surface area contributed by atoms with Crippen LogP contribution in [0.3, 0.4) is 0 Å². The number of amidine groups is 1. The topological polar surface area (TPSA) is 128 Å². The lowest BCUT2D eigenvalue weighted by Gasteiger charge is -2.07. The molecule has 0 atom stereocenters. The third-order valence-electron chi connectivity index (χ3n) is 2.25. The second-order valence-corrected chi connectivity index (χ2v) is 4.01. The first-order chi connectivity index (χ1) is 9.49. The summed E-state index contributed by atoms with van der Waals surface area (Å²) in [7, 11) is 0. The monoisotopic (exact) mass is 293 g/mol. The number of halogens is 1. The number of benzene rings is 1. The highest BCUT2D eigenvalue weighted by atomic mass is 35.5. The molecule has 0 radical (unpaired) electrons. The van der Waals surface area contributed by atoms with Crippen LogP contribution in [0.25, 0.3) is 0 Å². The molecular formula is C11H8ClN5O3. The Balaban J connectivity index is 2.34. The lowest BCUT2D eigenvalue weighted by molar-refractivity contribution is -0.385. The quantitative estimate of drug-likeness (QED) is 0.384. The molecule has 0 bridgehead atoms. The smallest absolute Gasteiger partial charge is 0.313 e. The van der Waals surface area contributed by atoms with Crippen molar-refractivity contribution in [3.63, 3.8) is 0 Å². The van der Waals surface area contributed by atoms with E-state index < -0.39 is 4.92 Å². The summed E-state index contributed by atoms with van der Waals surface area (Å²) in [5.74, 6) is -0.358. The molecule has 8 nitrogen and oxygen atoms in total. The highest BCUT2D eigenvalue weighted by molar-refractivity contribution is 6.32. The van der Waals surface area contributed by atoms with E-state index in [-0.39, 0.29) is 33.9 Å². The molecule has 0 unspecified atom stereocenters. The molecule has 0 aliphatic rings. The van der Waals surface area contributed by atoms with Crippen LogP contribution < -0.4 is 10.5 Å². The maximum atomic E-state index is 10.9. The van der Waals surface area contributed by atoms with Gasteiger partial charge in [0.2, 0.25) is 11.6 Å². The average Bonchev–Trinajstić information content (AvgIpc) is 2.41. The van der Waals surface area contributed by atoms with Crippen LogP contribution in [0.4, 0.5) is 5.69 Å². The fourth-order valence-corrected chi connectivity index (χ4v) is 1.56. The van der Waals surface area contributed by atoms with Gasteiger partial charge in [0.1, 0.15) is 11.5 Å². The molecule has 0 saturated carbocycles. The number of aromatic nitrogens is 2. The minimum Gasteiger partial charge on any atom is -0.429 e. The van der Waals surface area contributed by atoms with Crippen molar-refractivity contribution in [3.05, 3.63) is 51.4 Å². The van der Waals surface area contributed by atoms with Crippen molar-refractivity contribution in [3.8, 4) is 11.6 Å². The fourth-order valence-electron chi connectivity index (χ4n) is 1.35. The Bertz CT molecular complexity index is 674. The fraction of sp³-hybridized carbons (Fsp3) is 0. The Hall–Kier alpha value is -2.74. The number of hydrogen-bond donors (Lipinski definition) is 2. The Labute approximate surface area is 117 Å². The van der Waals surface area contributed by atoms with Gasteiger partial charge in [-0.25, -0.2) is 9.97 Å². The van der Waals surface area contributed by atoms with Crippen molar-refractivity contribution in [2.45, 2.75) is 0 Å². The van der Waals surface area contributed by atoms with Gasteiger partial charge in [0.15, 0.2) is 0 Å². The lowest BCUT2D eigenvalue weighted by Crippen LogP contribution is -2.13. The summed E-state index contributed by atoms with van der Waals surface area (Å²) in [6, 6.07) is 4.16. The van der Waals surface area contributed by atoms with Gasteiger partial charge in [-0.05, 0) is 6.07 Å². The molecule has 1 aromatic heterocycles. The van der Waals surface area contributed by atoms with Crippen molar-refractivity contribution in [1.29, 1.82) is 5.41 Å². The van der Waals surface area contributed by atoms with Crippen LogP contribution in [0.15, 0.2) is 30.6 Å². The average molecular weight is 294 g/mol. The van der Waals surface area contributed by atoms with E-state index in [1.807, 2.05) is 0 Å². The van der Waals surface area contributed by atoms with Crippen LogP contribution in [0.1, 0.15) is 5.69 Å². The number of hydrogen-bond acceptors (Lipinski definition) is 6. The van der Waals surface area contributed by atoms with Gasteiger partial charge in [-0.15, -0.1) is 0 Å². The lowest BCUT2D eigenvalue weighted by atomic mass is 10.3. The standard InChI is InChI=1S/C11H8ClN5O3/c12-6-2-1-3-8(17(18)19)10(6)20-9-5-15-7(4-16-9)11(13)14/h1-5H,(H3,13,14). The number of rotatable bonds is 4. The van der Waals surface area contributed by atoms with Crippen molar-refractivity contribution in [2.75, 3.05) is 0 Å². The molecule has 102 valence electrons. The van der Waals surface area contributed by atoms with Crippen LogP contribution in [-0.4, -0.2) is 20.7 Å². The molecule has 0 amide bonds. The summed E-state index contributed by atoms with van der Waals surface area (Å²) >= 11 is 5.87. The zero-order valence-corrected chi connectivity index (χ0v) is 10.7. The molecule has 2 aromatic rings. The normalized spacial score (nSPS) is 10.1. The van der Waals surface area contributed by atoms with Gasteiger partial charge in [0, 0.05) is 6.07 Å². The molecule has 1 aromatic carbocycles. The van der Waals surface area contributed by atoms with Gasteiger partial charge in [-0.1, -0.05) is 17.7 Å². The van der Waals surface area contributed by atoms with Crippen LogP contribution in [0.5, 0.6) is 11.6 Å². The van der Waals surface area contributed by atoms with Crippen LogP contribution >= 0.6 is 11.6 Å². The highest BCUT2D eigenvalue weighted by Crippen LogP contribution is 2.36. The maximum Gasteiger partial charge on any atom is 0.313 e. The van der Waals surface area contributed by atoms with E-state index in [1.165, 1.54) is 30.6 Å². The summed E-state index contributed by atoms with van der Waals surface area (Å²) in [6.07, 6.45) is 2.42. The molecular weight excluding hydrogens is 286 g/mol. The van der Waals surface area contributed by atoms with E-state index in [1.54, 1.807) is 0 Å². The second-order valence-electron chi connectivity index (χ2n) is 3.60. The maximum absolute atomic E-state index is 10.9. The van der Waals surface area contributed by atoms with Crippen LogP contribution in [0.2, 0.25) is 5.02 Å². The zero-order valence-electron chi connectivity index (χ0n) is 9.91. The summed E-state index contributed by atoms with van der Waals surface area (Å²) < 4.78 is 5.28. The van der Waals surface area contributed by atoms with E-state index in [0.717, 1.165) is 0 Å². The van der Waals surface area contributed by atoms with E-state index in [0.29, 0.717) is 0 Å². The van der Waals surface area contributed by atoms with Gasteiger partial charge < -0.3 is 10.5 Å². The number of nitro benzene ring substituents is 1. The minimum atomic E-state index is -0.613. The van der Waals surface area contributed by atoms with Crippen LogP contribution in [-0.2, 0) is 0 Å². The summed E-state index contributed by atoms with van der Waals surface area (Å²) in [5.41, 5.74) is 5.12. The summed E-state index contributed by atoms with van der Waals surface area (Å²) in [5, 5.41) is 18.1. The van der Waals surface area contributed by atoms with Gasteiger partial charge >= 0.3 is 5.69 Å². The molecule has 1 heterocycles. The first kappa shape index (κ1) is 13.7. The number of nitrogen functional groups attached to an aromatic ring is 1. The van der Waals surface area contributed by atoms with E-state index >= 15 is 0 Å². The van der Waals surface area contributed by atoms with Crippen molar-refractivity contribution in [1.82, 2.24) is 9.97 Å². The molecule has 0 spiro atoms. The number of nitrogens with one attached hydrogen (secondary N) is 1. The number of nitrogens with zero attached hydrogens (tertiary/aromatic N) is 3. The predicted molar refractivity (Wildman–Crippen MR) is 71.2 cm³/mol. The minimum absolute atomic E-state index is 0.00574. The number of nitrogens with two attached hydrogens (primary N) is 1. The predicted octanol–water partition coefficient (Wildman–Crippen LogP) is 2.11. The Morgan fingerprint density at radius 1 is 1.40 bits per heavy atom. The summed E-state index contributed by atoms with van der Waals surface area (Å²) in [6.45, 7) is 0. The zero-order chi connectivity index (χ0) is 14.7.